The lowest BCUT2D eigenvalue weighted by atomic mass is 9.72. The molecule has 8 heteroatoms. The lowest BCUT2D eigenvalue weighted by molar-refractivity contribution is -0.132. The Morgan fingerprint density at radius 1 is 1.00 bits per heavy atom. The number of β-amino-alcohol motifs (C(OH)–C–C–N with tert-alkyl or cyclic N) is 1. The van der Waals surface area contributed by atoms with Crippen LogP contribution >= 0.6 is 11.8 Å². The van der Waals surface area contributed by atoms with Gasteiger partial charge in [-0.25, -0.2) is 0 Å². The second kappa shape index (κ2) is 13.9. The topological polar surface area (TPSA) is 102 Å². The fourth-order valence-electron chi connectivity index (χ4n) is 6.80. The van der Waals surface area contributed by atoms with Crippen LogP contribution in [0.5, 0.6) is 5.75 Å². The van der Waals surface area contributed by atoms with Crippen molar-refractivity contribution in [3.63, 3.8) is 0 Å². The number of carbonyl (C=O) groups is 2. The zero-order chi connectivity index (χ0) is 31.4. The van der Waals surface area contributed by atoms with Gasteiger partial charge in [-0.15, -0.1) is 11.8 Å². The summed E-state index contributed by atoms with van der Waals surface area (Å²) in [5, 5.41) is 30.6. The number of piperidine rings is 1. The van der Waals surface area contributed by atoms with Gasteiger partial charge in [0.15, 0.2) is 0 Å². The van der Waals surface area contributed by atoms with Gasteiger partial charge in [0.2, 0.25) is 5.91 Å². The highest BCUT2D eigenvalue weighted by molar-refractivity contribution is 7.99. The fourth-order valence-corrected chi connectivity index (χ4v) is 7.85. The summed E-state index contributed by atoms with van der Waals surface area (Å²) in [5.41, 5.74) is 0.527. The number of aromatic hydroxyl groups is 1. The molecule has 0 radical (unpaired) electrons. The van der Waals surface area contributed by atoms with Gasteiger partial charge in [-0.05, 0) is 87.4 Å². The SMILES string of the molecule is Cc1c(O)cccc1C(=O)N[C@@H](CSc1ccc2ccccc2c1)[C@H](O)CN1C[C@H]2CCCC[C@H]2C[C@H]1C(=O)NC(C)(C)C. The third-order valence-electron chi connectivity index (χ3n) is 9.21. The monoisotopic (exact) mass is 617 g/mol. The number of thioether (sulfide) groups is 1. The van der Waals surface area contributed by atoms with Gasteiger partial charge in [0.25, 0.3) is 5.91 Å². The van der Waals surface area contributed by atoms with Gasteiger partial charge in [-0.2, -0.15) is 0 Å². The number of fused-ring (bicyclic) bond motifs is 2. The lowest BCUT2D eigenvalue weighted by Crippen LogP contribution is -2.60. The van der Waals surface area contributed by atoms with Crippen molar-refractivity contribution < 1.29 is 19.8 Å². The van der Waals surface area contributed by atoms with E-state index in [2.05, 4.69) is 45.9 Å². The van der Waals surface area contributed by atoms with Gasteiger partial charge in [0.1, 0.15) is 5.75 Å². The van der Waals surface area contributed by atoms with E-state index in [9.17, 15) is 19.8 Å². The maximum Gasteiger partial charge on any atom is 0.252 e. The number of rotatable bonds is 9. The Labute approximate surface area is 265 Å². The van der Waals surface area contributed by atoms with Gasteiger partial charge in [0.05, 0.1) is 18.2 Å². The fraction of sp³-hybridized carbons (Fsp3) is 0.500. The van der Waals surface area contributed by atoms with Crippen molar-refractivity contribution in [3.8, 4) is 5.75 Å². The molecule has 7 nitrogen and oxygen atoms in total. The Kier molecular flexibility index (Phi) is 10.2. The molecule has 44 heavy (non-hydrogen) atoms. The van der Waals surface area contributed by atoms with Crippen LogP contribution < -0.4 is 10.6 Å². The minimum atomic E-state index is -0.908. The van der Waals surface area contributed by atoms with Crippen LogP contribution in [0, 0.1) is 18.8 Å². The number of carbonyl (C=O) groups excluding carboxylic acids is 2. The second-order valence-corrected chi connectivity index (χ2v) is 14.8. The molecule has 1 aliphatic heterocycles. The smallest absolute Gasteiger partial charge is 0.252 e. The number of benzene rings is 3. The lowest BCUT2D eigenvalue weighted by Gasteiger charge is -2.47. The van der Waals surface area contributed by atoms with Gasteiger partial charge >= 0.3 is 0 Å². The molecule has 1 heterocycles. The van der Waals surface area contributed by atoms with Gasteiger partial charge in [-0.1, -0.05) is 55.7 Å². The normalized spacial score (nSPS) is 22.2. The summed E-state index contributed by atoms with van der Waals surface area (Å²) in [4.78, 5) is 30.3. The first-order chi connectivity index (χ1) is 21.0. The number of hydrogen-bond acceptors (Lipinski definition) is 6. The molecule has 5 rings (SSSR count). The van der Waals surface area contributed by atoms with Crippen molar-refractivity contribution in [3.05, 3.63) is 71.8 Å². The molecule has 236 valence electrons. The van der Waals surface area contributed by atoms with Crippen molar-refractivity contribution >= 4 is 34.3 Å². The Bertz CT molecular complexity index is 1470. The molecule has 1 saturated carbocycles. The number of nitrogens with zero attached hydrogens (tertiary/aromatic N) is 1. The van der Waals surface area contributed by atoms with Crippen LogP contribution in [0.1, 0.15) is 68.8 Å². The highest BCUT2D eigenvalue weighted by Gasteiger charge is 2.41. The largest absolute Gasteiger partial charge is 0.508 e. The highest BCUT2D eigenvalue weighted by Crippen LogP contribution is 2.39. The first-order valence-corrected chi connectivity index (χ1v) is 16.9. The summed E-state index contributed by atoms with van der Waals surface area (Å²) >= 11 is 1.59. The summed E-state index contributed by atoms with van der Waals surface area (Å²) in [6, 6.07) is 18.5. The zero-order valence-corrected chi connectivity index (χ0v) is 27.2. The predicted octanol–water partition coefficient (Wildman–Crippen LogP) is 5.90. The van der Waals surface area contributed by atoms with E-state index in [0.717, 1.165) is 41.5 Å². The van der Waals surface area contributed by atoms with Crippen LogP contribution in [0.3, 0.4) is 0 Å². The van der Waals surface area contributed by atoms with Crippen LogP contribution in [0.25, 0.3) is 10.8 Å². The minimum Gasteiger partial charge on any atom is -0.508 e. The van der Waals surface area contributed by atoms with Crippen molar-refractivity contribution in [2.24, 2.45) is 11.8 Å². The molecule has 2 aliphatic rings. The summed E-state index contributed by atoms with van der Waals surface area (Å²) in [6.45, 7) is 8.76. The summed E-state index contributed by atoms with van der Waals surface area (Å²) in [5.74, 6) is 1.22. The molecule has 3 aromatic carbocycles. The highest BCUT2D eigenvalue weighted by atomic mass is 32.2. The molecule has 3 aromatic rings. The van der Waals surface area contributed by atoms with Crippen LogP contribution in [-0.4, -0.2) is 69.5 Å². The summed E-state index contributed by atoms with van der Waals surface area (Å²) < 4.78 is 0. The van der Waals surface area contributed by atoms with Crippen LogP contribution in [0.2, 0.25) is 0 Å². The van der Waals surface area contributed by atoms with Gasteiger partial charge in [0, 0.05) is 40.4 Å². The van der Waals surface area contributed by atoms with E-state index in [1.54, 1.807) is 36.9 Å². The Balaban J connectivity index is 1.37. The zero-order valence-electron chi connectivity index (χ0n) is 26.4. The van der Waals surface area contributed by atoms with E-state index in [0.29, 0.717) is 28.7 Å². The minimum absolute atomic E-state index is 0.00948. The number of hydrogen-bond donors (Lipinski definition) is 4. The number of phenolic OH excluding ortho intramolecular Hbond substituents is 1. The average molecular weight is 618 g/mol. The van der Waals surface area contributed by atoms with Crippen LogP contribution in [-0.2, 0) is 4.79 Å². The predicted molar refractivity (Wildman–Crippen MR) is 178 cm³/mol. The first-order valence-electron chi connectivity index (χ1n) is 15.9. The third-order valence-corrected chi connectivity index (χ3v) is 10.3. The van der Waals surface area contributed by atoms with Crippen molar-refractivity contribution in [2.75, 3.05) is 18.8 Å². The Morgan fingerprint density at radius 2 is 1.73 bits per heavy atom. The molecule has 1 aliphatic carbocycles. The Morgan fingerprint density at radius 3 is 2.48 bits per heavy atom. The Hall–Kier alpha value is -3.07. The van der Waals surface area contributed by atoms with Crippen molar-refractivity contribution in [2.45, 2.75) is 88.4 Å². The van der Waals surface area contributed by atoms with E-state index in [1.807, 2.05) is 32.9 Å². The van der Waals surface area contributed by atoms with Gasteiger partial charge in [-0.3, -0.25) is 14.5 Å². The molecule has 1 saturated heterocycles. The van der Waals surface area contributed by atoms with E-state index < -0.39 is 12.1 Å². The molecule has 0 unspecified atom stereocenters. The summed E-state index contributed by atoms with van der Waals surface area (Å²) in [7, 11) is 0. The van der Waals surface area contributed by atoms with Crippen LogP contribution in [0.15, 0.2) is 65.6 Å². The summed E-state index contributed by atoms with van der Waals surface area (Å²) in [6.07, 6.45) is 4.62. The number of phenols is 1. The van der Waals surface area contributed by atoms with Crippen molar-refractivity contribution in [1.29, 1.82) is 0 Å². The first kappa shape index (κ1) is 32.3. The number of nitrogens with one attached hydrogen (secondary N) is 2. The number of aliphatic hydroxyl groups is 1. The van der Waals surface area contributed by atoms with E-state index in [4.69, 9.17) is 0 Å². The maximum atomic E-state index is 13.6. The molecule has 2 fully saturated rings. The second-order valence-electron chi connectivity index (χ2n) is 13.7. The molecule has 5 atom stereocenters. The van der Waals surface area contributed by atoms with E-state index in [-0.39, 0.29) is 35.7 Å². The molecule has 0 aromatic heterocycles. The average Bonchev–Trinajstić information content (AvgIpc) is 2.99. The molecule has 4 N–H and O–H groups in total. The van der Waals surface area contributed by atoms with E-state index >= 15 is 0 Å². The quantitative estimate of drug-likeness (QED) is 0.223. The molecule has 2 amide bonds. The standard InChI is InChI=1S/C36H47N3O4S/c1-23-29(14-9-15-32(23)40)34(42)37-30(22-44-28-17-16-24-10-5-6-11-25(24)18-28)33(41)21-39-20-27-13-8-7-12-26(27)19-31(39)35(43)38-36(2,3)4/h5-6,9-11,14-18,26-27,30-31,33,40-41H,7-8,12-13,19-22H2,1-4H3,(H,37,42)(H,38,43)/t26-,27+,30-,31-,33+/m0/s1. The molecule has 0 spiro atoms. The molecule has 0 bridgehead atoms. The van der Waals surface area contributed by atoms with Crippen LogP contribution in [0.4, 0.5) is 0 Å². The molecular formula is C36H47N3O4S. The third kappa shape index (κ3) is 7.95. The van der Waals surface area contributed by atoms with E-state index in [1.165, 1.54) is 12.8 Å². The molecular weight excluding hydrogens is 570 g/mol. The number of amides is 2. The maximum absolute atomic E-state index is 13.6. The number of aliphatic hydroxyl groups excluding tert-OH is 1. The van der Waals surface area contributed by atoms with Gasteiger partial charge < -0.3 is 20.8 Å². The van der Waals surface area contributed by atoms with Crippen molar-refractivity contribution in [1.82, 2.24) is 15.5 Å². The number of likely N-dealkylation sites (tertiary alicyclic amines) is 1.